The first-order chi connectivity index (χ1) is 6.39. The Morgan fingerprint density at radius 1 is 1.21 bits per heavy atom. The zero-order valence-corrected chi connectivity index (χ0v) is 12.9. The van der Waals surface area contributed by atoms with Crippen LogP contribution in [0.5, 0.6) is 0 Å². The largest absolute Gasteiger partial charge is 0.341 e. The molecule has 0 saturated heterocycles. The third-order valence-corrected chi connectivity index (χ3v) is 6.15. The van der Waals surface area contributed by atoms with Gasteiger partial charge in [-0.3, -0.25) is 0 Å². The summed E-state index contributed by atoms with van der Waals surface area (Å²) in [6, 6.07) is 0. The molecule has 0 heterocycles. The van der Waals surface area contributed by atoms with Crippen molar-refractivity contribution in [2.24, 2.45) is 0 Å². The van der Waals surface area contributed by atoms with Crippen molar-refractivity contribution < 1.29 is 9.47 Å². The van der Waals surface area contributed by atoms with Gasteiger partial charge in [0.1, 0.15) is 3.64 Å². The number of thiol groups is 2. The second kappa shape index (κ2) is 7.05. The van der Waals surface area contributed by atoms with E-state index in [1.54, 1.807) is 0 Å². The highest BCUT2D eigenvalue weighted by molar-refractivity contribution is 9.17. The monoisotopic (exact) mass is 292 g/mol. The van der Waals surface area contributed by atoms with E-state index in [4.69, 9.17) is 21.3 Å². The third kappa shape index (κ3) is 6.26. The van der Waals surface area contributed by atoms with Crippen molar-refractivity contribution >= 4 is 51.3 Å². The molecule has 0 aliphatic carbocycles. The van der Waals surface area contributed by atoms with Gasteiger partial charge in [0.25, 0.3) is 0 Å². The molecule has 0 spiro atoms. The Labute approximate surface area is 106 Å². The summed E-state index contributed by atoms with van der Waals surface area (Å²) < 4.78 is 9.22. The lowest BCUT2D eigenvalue weighted by molar-refractivity contribution is -0.165. The van der Waals surface area contributed by atoms with E-state index in [0.717, 1.165) is 6.42 Å². The number of hydrogen-bond donors (Lipinski definition) is 2. The lowest BCUT2D eigenvalue weighted by atomic mass is 10.4. The minimum atomic E-state index is -1.97. The number of hydrogen-bond acceptors (Lipinski definition) is 4. The van der Waals surface area contributed by atoms with E-state index in [0.29, 0.717) is 13.2 Å². The standard InChI is InChI=1S/C7H17O2PS4/c1-4-7(8-5-2,9-6-3)14-10(11,12)13/h4-6H2,1-3H3,(H2,11,12,13). The molecule has 0 N–H and O–H groups in total. The summed E-state index contributed by atoms with van der Waals surface area (Å²) in [5, 5.41) is -0.664. The van der Waals surface area contributed by atoms with Crippen LogP contribution in [0, 0.1) is 0 Å². The molecule has 0 aliphatic rings. The zero-order valence-electron chi connectivity index (χ0n) is 8.60. The maximum absolute atomic E-state index is 5.60. The summed E-state index contributed by atoms with van der Waals surface area (Å²) in [6.45, 7) is 7.06. The van der Waals surface area contributed by atoms with Crippen LogP contribution in [-0.2, 0) is 21.3 Å². The van der Waals surface area contributed by atoms with Gasteiger partial charge >= 0.3 is 0 Å². The van der Waals surface area contributed by atoms with Crippen LogP contribution >= 0.6 is 39.5 Å². The van der Waals surface area contributed by atoms with Gasteiger partial charge in [-0.25, -0.2) is 0 Å². The average molecular weight is 292 g/mol. The summed E-state index contributed by atoms with van der Waals surface area (Å²) in [4.78, 5) is 0. The lowest BCUT2D eigenvalue weighted by Crippen LogP contribution is -2.30. The van der Waals surface area contributed by atoms with Gasteiger partial charge in [0.2, 0.25) is 5.12 Å². The van der Waals surface area contributed by atoms with Crippen molar-refractivity contribution in [1.29, 1.82) is 0 Å². The van der Waals surface area contributed by atoms with E-state index in [1.165, 1.54) is 11.4 Å². The molecule has 0 fully saturated rings. The molecule has 0 bridgehead atoms. The Morgan fingerprint density at radius 3 is 1.86 bits per heavy atom. The molecule has 14 heavy (non-hydrogen) atoms. The van der Waals surface area contributed by atoms with Crippen molar-refractivity contribution in [3.63, 3.8) is 0 Å². The molecule has 0 aromatic heterocycles. The summed E-state index contributed by atoms with van der Waals surface area (Å²) in [7, 11) is 0. The summed E-state index contributed by atoms with van der Waals surface area (Å²) in [6.07, 6.45) is 0.735. The van der Waals surface area contributed by atoms with Gasteiger partial charge in [0.15, 0.2) is 0 Å². The van der Waals surface area contributed by atoms with Crippen LogP contribution in [0.3, 0.4) is 0 Å². The predicted molar refractivity (Wildman–Crippen MR) is 76.1 cm³/mol. The average Bonchev–Trinajstić information content (AvgIpc) is 2.02. The van der Waals surface area contributed by atoms with Gasteiger partial charge in [-0.15, -0.1) is 24.5 Å². The Bertz CT molecular complexity index is 200. The van der Waals surface area contributed by atoms with Crippen LogP contribution in [0.1, 0.15) is 27.2 Å². The van der Waals surface area contributed by atoms with E-state index in [2.05, 4.69) is 24.5 Å². The summed E-state index contributed by atoms with van der Waals surface area (Å²) in [5.41, 5.74) is 0. The molecule has 0 amide bonds. The minimum absolute atomic E-state index is 0.595. The molecule has 0 aromatic rings. The third-order valence-electron chi connectivity index (χ3n) is 1.42. The van der Waals surface area contributed by atoms with Crippen molar-refractivity contribution in [3.8, 4) is 0 Å². The normalized spacial score (nSPS) is 13.2. The fourth-order valence-corrected chi connectivity index (χ4v) is 6.87. The van der Waals surface area contributed by atoms with E-state index in [9.17, 15) is 0 Å². The maximum atomic E-state index is 5.60. The molecule has 0 unspecified atom stereocenters. The molecule has 7 heteroatoms. The van der Waals surface area contributed by atoms with Crippen LogP contribution in [0.15, 0.2) is 0 Å². The van der Waals surface area contributed by atoms with Crippen LogP contribution in [0.4, 0.5) is 0 Å². The van der Waals surface area contributed by atoms with Gasteiger partial charge in [-0.2, -0.15) is 0 Å². The Balaban J connectivity index is 4.56. The molecular formula is C7H17O2PS4. The molecule has 0 aromatic carbocycles. The SMILES string of the molecule is CCOC(CC)(OCC)SP(=S)(S)S. The van der Waals surface area contributed by atoms with Crippen molar-refractivity contribution in [1.82, 2.24) is 0 Å². The fraction of sp³-hybridized carbons (Fsp3) is 1.00. The topological polar surface area (TPSA) is 18.5 Å². The van der Waals surface area contributed by atoms with E-state index in [1.807, 2.05) is 20.8 Å². The van der Waals surface area contributed by atoms with Crippen molar-refractivity contribution in [3.05, 3.63) is 0 Å². The fourth-order valence-electron chi connectivity index (χ4n) is 0.984. The second-order valence-corrected chi connectivity index (χ2v) is 16.6. The molecular weight excluding hydrogens is 275 g/mol. The van der Waals surface area contributed by atoms with Gasteiger partial charge in [-0.05, 0) is 25.2 Å². The van der Waals surface area contributed by atoms with Gasteiger partial charge < -0.3 is 9.47 Å². The van der Waals surface area contributed by atoms with Gasteiger partial charge in [-0.1, -0.05) is 18.7 Å². The summed E-state index contributed by atoms with van der Waals surface area (Å²) in [5.74, 6) is 0. The lowest BCUT2D eigenvalue weighted by Gasteiger charge is -2.32. The first kappa shape index (κ1) is 15.6. The molecule has 0 radical (unpaired) electrons. The smallest absolute Gasteiger partial charge is 0.223 e. The van der Waals surface area contributed by atoms with E-state index in [-0.39, 0.29) is 0 Å². The Kier molecular flexibility index (Phi) is 7.86. The quantitative estimate of drug-likeness (QED) is 0.420. The molecule has 0 atom stereocenters. The van der Waals surface area contributed by atoms with Crippen LogP contribution in [0.25, 0.3) is 0 Å². The van der Waals surface area contributed by atoms with E-state index >= 15 is 0 Å². The van der Waals surface area contributed by atoms with Crippen LogP contribution in [0.2, 0.25) is 0 Å². The minimum Gasteiger partial charge on any atom is -0.341 e. The predicted octanol–water partition coefficient (Wildman–Crippen LogP) is 3.94. The molecule has 0 rings (SSSR count). The number of ether oxygens (including phenoxy) is 2. The first-order valence-electron chi connectivity index (χ1n) is 4.43. The summed E-state index contributed by atoms with van der Waals surface area (Å²) >= 11 is 15.1. The zero-order chi connectivity index (χ0) is 11.2. The maximum Gasteiger partial charge on any atom is 0.223 e. The number of rotatable bonds is 7. The van der Waals surface area contributed by atoms with Crippen molar-refractivity contribution in [2.45, 2.75) is 32.3 Å². The van der Waals surface area contributed by atoms with Gasteiger partial charge in [0.05, 0.1) is 0 Å². The first-order valence-corrected chi connectivity index (χ1v) is 11.0. The van der Waals surface area contributed by atoms with Gasteiger partial charge in [0, 0.05) is 19.6 Å². The highest BCUT2D eigenvalue weighted by atomic mass is 33.5. The van der Waals surface area contributed by atoms with E-state index < -0.39 is 8.76 Å². The highest BCUT2D eigenvalue weighted by Gasteiger charge is 2.34. The molecule has 0 saturated carbocycles. The van der Waals surface area contributed by atoms with Crippen LogP contribution in [-0.4, -0.2) is 18.3 Å². The van der Waals surface area contributed by atoms with Crippen LogP contribution < -0.4 is 0 Å². The molecule has 0 aliphatic heterocycles. The Morgan fingerprint density at radius 2 is 1.64 bits per heavy atom. The highest BCUT2D eigenvalue weighted by Crippen LogP contribution is 2.71. The van der Waals surface area contributed by atoms with Crippen molar-refractivity contribution in [2.75, 3.05) is 13.2 Å². The molecule has 2 nitrogen and oxygen atoms in total. The second-order valence-electron chi connectivity index (χ2n) is 2.48. The Hall–Kier alpha value is 1.62. The molecule has 86 valence electrons.